The van der Waals surface area contributed by atoms with E-state index in [0.29, 0.717) is 21.6 Å². The van der Waals surface area contributed by atoms with Gasteiger partial charge in [0.25, 0.3) is 5.56 Å². The van der Waals surface area contributed by atoms with Crippen molar-refractivity contribution in [2.75, 3.05) is 5.32 Å². The SMILES string of the molecule is Cc1c(Cl)cccc1NC(=O)Cn1cnc2ccccc2c1=O. The van der Waals surface area contributed by atoms with Gasteiger partial charge < -0.3 is 5.32 Å². The number of carbonyl (C=O) groups excluding carboxylic acids is 1. The van der Waals surface area contributed by atoms with E-state index in [1.165, 1.54) is 10.9 Å². The highest BCUT2D eigenvalue weighted by Crippen LogP contribution is 2.22. The molecule has 1 heterocycles. The zero-order valence-electron chi connectivity index (χ0n) is 12.4. The van der Waals surface area contributed by atoms with Gasteiger partial charge in [-0.3, -0.25) is 14.2 Å². The summed E-state index contributed by atoms with van der Waals surface area (Å²) in [6, 6.07) is 12.3. The molecule has 1 N–H and O–H groups in total. The summed E-state index contributed by atoms with van der Waals surface area (Å²) in [4.78, 5) is 28.7. The van der Waals surface area contributed by atoms with E-state index >= 15 is 0 Å². The largest absolute Gasteiger partial charge is 0.324 e. The highest BCUT2D eigenvalue weighted by molar-refractivity contribution is 6.31. The molecule has 3 rings (SSSR count). The first-order valence-corrected chi connectivity index (χ1v) is 7.43. The number of carbonyl (C=O) groups is 1. The Morgan fingerprint density at radius 1 is 1.22 bits per heavy atom. The molecule has 0 radical (unpaired) electrons. The maximum Gasteiger partial charge on any atom is 0.261 e. The molecule has 0 saturated heterocycles. The van der Waals surface area contributed by atoms with Crippen LogP contribution in [0, 0.1) is 6.92 Å². The molecule has 0 saturated carbocycles. The Kier molecular flexibility index (Phi) is 4.12. The van der Waals surface area contributed by atoms with E-state index in [0.717, 1.165) is 5.56 Å². The highest BCUT2D eigenvalue weighted by Gasteiger charge is 2.10. The third-order valence-electron chi connectivity index (χ3n) is 3.59. The molecule has 5 nitrogen and oxygen atoms in total. The standard InChI is InChI=1S/C17H14ClN3O2/c1-11-13(18)6-4-8-14(11)20-16(22)9-21-10-19-15-7-3-2-5-12(15)17(21)23/h2-8,10H,9H2,1H3,(H,20,22). The molecule has 3 aromatic rings. The number of halogens is 1. The molecular formula is C17H14ClN3O2. The number of amides is 1. The van der Waals surface area contributed by atoms with Crippen LogP contribution in [-0.2, 0) is 11.3 Å². The predicted molar refractivity (Wildman–Crippen MR) is 90.8 cm³/mol. The molecule has 6 heteroatoms. The fourth-order valence-corrected chi connectivity index (χ4v) is 2.48. The van der Waals surface area contributed by atoms with Crippen molar-refractivity contribution in [3.8, 4) is 0 Å². The van der Waals surface area contributed by atoms with Gasteiger partial charge in [0.05, 0.1) is 17.2 Å². The van der Waals surface area contributed by atoms with E-state index < -0.39 is 0 Å². The normalized spacial score (nSPS) is 10.7. The van der Waals surface area contributed by atoms with Crippen LogP contribution in [0.2, 0.25) is 5.02 Å². The minimum Gasteiger partial charge on any atom is -0.324 e. The summed E-state index contributed by atoms with van der Waals surface area (Å²) in [5, 5.41) is 3.83. The molecule has 0 aliphatic heterocycles. The second-order valence-corrected chi connectivity index (χ2v) is 5.56. The number of benzene rings is 2. The summed E-state index contributed by atoms with van der Waals surface area (Å²) in [6.07, 6.45) is 1.38. The van der Waals surface area contributed by atoms with Crippen LogP contribution in [0.15, 0.2) is 53.6 Å². The molecule has 2 aromatic carbocycles. The van der Waals surface area contributed by atoms with Crippen molar-refractivity contribution < 1.29 is 4.79 Å². The average Bonchev–Trinajstić information content (AvgIpc) is 2.55. The van der Waals surface area contributed by atoms with E-state index in [4.69, 9.17) is 11.6 Å². The van der Waals surface area contributed by atoms with Crippen molar-refractivity contribution in [3.05, 3.63) is 69.7 Å². The van der Waals surface area contributed by atoms with Gasteiger partial charge in [-0.25, -0.2) is 4.98 Å². The van der Waals surface area contributed by atoms with Crippen molar-refractivity contribution in [2.24, 2.45) is 0 Å². The maximum atomic E-state index is 12.4. The van der Waals surface area contributed by atoms with Crippen LogP contribution in [0.4, 0.5) is 5.69 Å². The van der Waals surface area contributed by atoms with Gasteiger partial charge in [0.15, 0.2) is 0 Å². The van der Waals surface area contributed by atoms with Gasteiger partial charge in [0.1, 0.15) is 6.54 Å². The van der Waals surface area contributed by atoms with E-state index in [2.05, 4.69) is 10.3 Å². The third kappa shape index (κ3) is 3.10. The van der Waals surface area contributed by atoms with Gasteiger partial charge in [-0.1, -0.05) is 29.8 Å². The Labute approximate surface area is 137 Å². The second kappa shape index (κ2) is 6.22. The third-order valence-corrected chi connectivity index (χ3v) is 4.00. The van der Waals surface area contributed by atoms with Crippen molar-refractivity contribution in [1.82, 2.24) is 9.55 Å². The van der Waals surface area contributed by atoms with E-state index in [1.54, 1.807) is 36.4 Å². The Morgan fingerprint density at radius 2 is 2.00 bits per heavy atom. The molecule has 0 aliphatic rings. The number of fused-ring (bicyclic) bond motifs is 1. The molecule has 0 aliphatic carbocycles. The number of rotatable bonds is 3. The number of anilines is 1. The van der Waals surface area contributed by atoms with Crippen LogP contribution >= 0.6 is 11.6 Å². The monoisotopic (exact) mass is 327 g/mol. The lowest BCUT2D eigenvalue weighted by atomic mass is 10.2. The molecule has 0 bridgehead atoms. The predicted octanol–water partition coefficient (Wildman–Crippen LogP) is 3.00. The molecule has 1 amide bonds. The Hall–Kier alpha value is -2.66. The van der Waals surface area contributed by atoms with Crippen LogP contribution in [-0.4, -0.2) is 15.5 Å². The summed E-state index contributed by atoms with van der Waals surface area (Å²) in [5.74, 6) is -0.311. The number of hydrogen-bond donors (Lipinski definition) is 1. The van der Waals surface area contributed by atoms with E-state index in [-0.39, 0.29) is 18.0 Å². The summed E-state index contributed by atoms with van der Waals surface area (Å²) in [6.45, 7) is 1.71. The average molecular weight is 328 g/mol. The fourth-order valence-electron chi connectivity index (χ4n) is 2.31. The lowest BCUT2D eigenvalue weighted by Gasteiger charge is -2.10. The topological polar surface area (TPSA) is 64.0 Å². The molecule has 0 fully saturated rings. The van der Waals surface area contributed by atoms with Crippen LogP contribution in [0.25, 0.3) is 10.9 Å². The molecule has 23 heavy (non-hydrogen) atoms. The number of aromatic nitrogens is 2. The van der Waals surface area contributed by atoms with Crippen LogP contribution in [0.1, 0.15) is 5.56 Å². The van der Waals surface area contributed by atoms with Crippen LogP contribution in [0.3, 0.4) is 0 Å². The molecular weight excluding hydrogens is 314 g/mol. The minimum absolute atomic E-state index is 0.109. The summed E-state index contributed by atoms with van der Waals surface area (Å²) in [7, 11) is 0. The summed E-state index contributed by atoms with van der Waals surface area (Å²) in [5.41, 5.74) is 1.78. The van der Waals surface area contributed by atoms with E-state index in [1.807, 2.05) is 13.0 Å². The smallest absolute Gasteiger partial charge is 0.261 e. The summed E-state index contributed by atoms with van der Waals surface area (Å²) >= 11 is 6.03. The van der Waals surface area contributed by atoms with Gasteiger partial charge >= 0.3 is 0 Å². The Morgan fingerprint density at radius 3 is 2.83 bits per heavy atom. The Balaban J connectivity index is 1.85. The zero-order chi connectivity index (χ0) is 16.4. The zero-order valence-corrected chi connectivity index (χ0v) is 13.2. The number of para-hydroxylation sites is 1. The fraction of sp³-hybridized carbons (Fsp3) is 0.118. The number of hydrogen-bond acceptors (Lipinski definition) is 3. The first-order chi connectivity index (χ1) is 11.1. The molecule has 1 aromatic heterocycles. The van der Waals surface area contributed by atoms with Gasteiger partial charge in [0.2, 0.25) is 5.91 Å². The van der Waals surface area contributed by atoms with Crippen molar-refractivity contribution in [2.45, 2.75) is 13.5 Å². The van der Waals surface area contributed by atoms with E-state index in [9.17, 15) is 9.59 Å². The summed E-state index contributed by atoms with van der Waals surface area (Å²) < 4.78 is 1.29. The van der Waals surface area contributed by atoms with Gasteiger partial charge in [-0.2, -0.15) is 0 Å². The maximum absolute atomic E-state index is 12.4. The van der Waals surface area contributed by atoms with Gasteiger partial charge in [-0.05, 0) is 36.8 Å². The van der Waals surface area contributed by atoms with Gasteiger partial charge in [0, 0.05) is 10.7 Å². The molecule has 0 unspecified atom stereocenters. The number of nitrogens with zero attached hydrogens (tertiary/aromatic N) is 2. The van der Waals surface area contributed by atoms with Crippen LogP contribution in [0.5, 0.6) is 0 Å². The minimum atomic E-state index is -0.311. The second-order valence-electron chi connectivity index (χ2n) is 5.16. The quantitative estimate of drug-likeness (QED) is 0.804. The van der Waals surface area contributed by atoms with Crippen molar-refractivity contribution >= 4 is 34.1 Å². The Bertz CT molecular complexity index is 950. The molecule has 0 spiro atoms. The first kappa shape index (κ1) is 15.2. The lowest BCUT2D eigenvalue weighted by Crippen LogP contribution is -2.28. The van der Waals surface area contributed by atoms with Crippen molar-refractivity contribution in [1.29, 1.82) is 0 Å². The number of nitrogens with one attached hydrogen (secondary N) is 1. The van der Waals surface area contributed by atoms with Crippen molar-refractivity contribution in [3.63, 3.8) is 0 Å². The molecule has 116 valence electrons. The highest BCUT2D eigenvalue weighted by atomic mass is 35.5. The van der Waals surface area contributed by atoms with Crippen LogP contribution < -0.4 is 10.9 Å². The lowest BCUT2D eigenvalue weighted by molar-refractivity contribution is -0.116. The van der Waals surface area contributed by atoms with Gasteiger partial charge in [-0.15, -0.1) is 0 Å². The molecule has 0 atom stereocenters. The first-order valence-electron chi connectivity index (χ1n) is 7.05.